The molecule has 2 aromatic heterocycles. The van der Waals surface area contributed by atoms with Gasteiger partial charge in [0.25, 0.3) is 5.91 Å². The van der Waals surface area contributed by atoms with Gasteiger partial charge in [-0.1, -0.05) is 18.2 Å². The van der Waals surface area contributed by atoms with Crippen molar-refractivity contribution in [3.05, 3.63) is 70.1 Å². The fourth-order valence-electron chi connectivity index (χ4n) is 2.52. The topological polar surface area (TPSA) is 86.9 Å². The normalized spacial score (nSPS) is 11.4. The lowest BCUT2D eigenvalue weighted by atomic mass is 10.1. The number of pyridine rings is 2. The predicted molar refractivity (Wildman–Crippen MR) is 94.6 cm³/mol. The Balaban J connectivity index is 1.58. The highest BCUT2D eigenvalue weighted by molar-refractivity contribution is 6.05. The van der Waals surface area contributed by atoms with E-state index in [0.29, 0.717) is 10.9 Å². The standard InChI is InChI=1S/C18H15F3N4O2/c19-18(20,21)11-5-6-15(24-10-11)22-7-8-23-17(27)13-9-16(26)25-14-4-2-1-3-12(13)14/h1-6,9-10H,7-8H2,(H,22,24)(H,23,27)(H,25,26). The zero-order chi connectivity index (χ0) is 19.4. The number of anilines is 1. The Morgan fingerprint density at radius 1 is 1.11 bits per heavy atom. The minimum Gasteiger partial charge on any atom is -0.368 e. The van der Waals surface area contributed by atoms with Crippen LogP contribution in [0.4, 0.5) is 19.0 Å². The molecule has 9 heteroatoms. The lowest BCUT2D eigenvalue weighted by Gasteiger charge is -2.10. The first-order chi connectivity index (χ1) is 12.8. The van der Waals surface area contributed by atoms with Gasteiger partial charge >= 0.3 is 6.18 Å². The molecule has 0 bridgehead atoms. The Hall–Kier alpha value is -3.36. The number of alkyl halides is 3. The molecule has 1 amide bonds. The summed E-state index contributed by atoms with van der Waals surface area (Å²) in [4.78, 5) is 30.4. The molecular weight excluding hydrogens is 361 g/mol. The van der Waals surface area contributed by atoms with E-state index in [1.165, 1.54) is 12.1 Å². The van der Waals surface area contributed by atoms with E-state index in [9.17, 15) is 22.8 Å². The minimum atomic E-state index is -4.43. The first-order valence-electron chi connectivity index (χ1n) is 8.02. The fourth-order valence-corrected chi connectivity index (χ4v) is 2.52. The predicted octanol–water partition coefficient (Wildman–Crippen LogP) is 2.78. The number of carbonyl (C=O) groups is 1. The molecule has 0 fully saturated rings. The molecule has 0 aliphatic rings. The van der Waals surface area contributed by atoms with Crippen LogP contribution < -0.4 is 16.2 Å². The zero-order valence-corrected chi connectivity index (χ0v) is 13.9. The number of nitrogens with one attached hydrogen (secondary N) is 3. The fraction of sp³-hybridized carbons (Fsp3) is 0.167. The lowest BCUT2D eigenvalue weighted by Crippen LogP contribution is -2.30. The van der Waals surface area contributed by atoms with Crippen LogP contribution in [0, 0.1) is 0 Å². The van der Waals surface area contributed by atoms with Gasteiger partial charge in [-0.3, -0.25) is 9.59 Å². The Morgan fingerprint density at radius 2 is 1.89 bits per heavy atom. The van der Waals surface area contributed by atoms with Crippen LogP contribution in [0.25, 0.3) is 10.9 Å². The molecule has 27 heavy (non-hydrogen) atoms. The molecule has 1 aromatic carbocycles. The van der Waals surface area contributed by atoms with Crippen LogP contribution >= 0.6 is 0 Å². The third-order valence-electron chi connectivity index (χ3n) is 3.80. The smallest absolute Gasteiger partial charge is 0.368 e. The molecule has 3 rings (SSSR count). The van der Waals surface area contributed by atoms with Crippen molar-refractivity contribution in [3.8, 4) is 0 Å². The number of benzene rings is 1. The van der Waals surface area contributed by atoms with Gasteiger partial charge in [0.2, 0.25) is 5.56 Å². The summed E-state index contributed by atoms with van der Waals surface area (Å²) in [5.74, 6) is -0.154. The van der Waals surface area contributed by atoms with Gasteiger partial charge < -0.3 is 15.6 Å². The monoisotopic (exact) mass is 376 g/mol. The highest BCUT2D eigenvalue weighted by Gasteiger charge is 2.30. The first kappa shape index (κ1) is 18.4. The van der Waals surface area contributed by atoms with E-state index >= 15 is 0 Å². The summed E-state index contributed by atoms with van der Waals surface area (Å²) in [5, 5.41) is 6.10. The average molecular weight is 376 g/mol. The van der Waals surface area contributed by atoms with Crippen LogP contribution in [-0.4, -0.2) is 29.0 Å². The molecule has 140 valence electrons. The van der Waals surface area contributed by atoms with E-state index in [4.69, 9.17) is 0 Å². The van der Waals surface area contributed by atoms with Crippen molar-refractivity contribution in [2.45, 2.75) is 6.18 Å². The van der Waals surface area contributed by atoms with E-state index in [0.717, 1.165) is 12.3 Å². The summed E-state index contributed by atoms with van der Waals surface area (Å²) in [5.41, 5.74) is -0.405. The Labute approximate surface area is 151 Å². The number of para-hydroxylation sites is 1. The largest absolute Gasteiger partial charge is 0.417 e. The third-order valence-corrected chi connectivity index (χ3v) is 3.80. The minimum absolute atomic E-state index is 0.197. The number of carbonyl (C=O) groups excluding carboxylic acids is 1. The van der Waals surface area contributed by atoms with E-state index in [1.54, 1.807) is 24.3 Å². The number of amides is 1. The van der Waals surface area contributed by atoms with Crippen LogP contribution in [0.1, 0.15) is 15.9 Å². The summed E-state index contributed by atoms with van der Waals surface area (Å²) >= 11 is 0. The molecular formula is C18H15F3N4O2. The van der Waals surface area contributed by atoms with E-state index in [-0.39, 0.29) is 30.0 Å². The highest BCUT2D eigenvalue weighted by Crippen LogP contribution is 2.28. The molecule has 0 aliphatic heterocycles. The third kappa shape index (κ3) is 4.43. The summed E-state index contributed by atoms with van der Waals surface area (Å²) < 4.78 is 37.4. The number of fused-ring (bicyclic) bond motifs is 1. The zero-order valence-electron chi connectivity index (χ0n) is 13.9. The number of H-pyrrole nitrogens is 1. The quantitative estimate of drug-likeness (QED) is 0.598. The second kappa shape index (κ2) is 7.48. The Bertz CT molecular complexity index is 1010. The molecule has 2 heterocycles. The molecule has 0 saturated carbocycles. The maximum Gasteiger partial charge on any atom is 0.417 e. The Kier molecular flexibility index (Phi) is 5.11. The van der Waals surface area contributed by atoms with Gasteiger partial charge in [-0.15, -0.1) is 0 Å². The highest BCUT2D eigenvalue weighted by atomic mass is 19.4. The summed E-state index contributed by atoms with van der Waals surface area (Å²) in [7, 11) is 0. The van der Waals surface area contributed by atoms with Crippen molar-refractivity contribution in [2.24, 2.45) is 0 Å². The summed E-state index contributed by atoms with van der Waals surface area (Å²) in [6, 6.07) is 10.3. The van der Waals surface area contributed by atoms with E-state index in [2.05, 4.69) is 20.6 Å². The average Bonchev–Trinajstić information content (AvgIpc) is 2.64. The van der Waals surface area contributed by atoms with Gasteiger partial charge in [-0.05, 0) is 18.2 Å². The van der Waals surface area contributed by atoms with E-state index in [1.807, 2.05) is 0 Å². The number of nitrogens with zero attached hydrogens (tertiary/aromatic N) is 1. The van der Waals surface area contributed by atoms with Crippen LogP contribution in [0.2, 0.25) is 0 Å². The van der Waals surface area contributed by atoms with Crippen LogP contribution in [0.5, 0.6) is 0 Å². The number of hydrogen-bond acceptors (Lipinski definition) is 4. The van der Waals surface area contributed by atoms with Crippen molar-refractivity contribution in [2.75, 3.05) is 18.4 Å². The van der Waals surface area contributed by atoms with Gasteiger partial charge in [0, 0.05) is 36.3 Å². The molecule has 0 unspecified atom stereocenters. The first-order valence-corrected chi connectivity index (χ1v) is 8.02. The molecule has 0 saturated heterocycles. The van der Waals surface area contributed by atoms with Gasteiger partial charge in [-0.2, -0.15) is 13.2 Å². The van der Waals surface area contributed by atoms with Crippen molar-refractivity contribution < 1.29 is 18.0 Å². The molecule has 3 N–H and O–H groups in total. The van der Waals surface area contributed by atoms with Crippen molar-refractivity contribution in [1.29, 1.82) is 0 Å². The second-order valence-electron chi connectivity index (χ2n) is 5.71. The number of aromatic nitrogens is 2. The van der Waals surface area contributed by atoms with Crippen LogP contribution in [-0.2, 0) is 6.18 Å². The summed E-state index contributed by atoms with van der Waals surface area (Å²) in [6.45, 7) is 0.452. The van der Waals surface area contributed by atoms with Gasteiger partial charge in [-0.25, -0.2) is 4.98 Å². The Morgan fingerprint density at radius 3 is 2.59 bits per heavy atom. The summed E-state index contributed by atoms with van der Waals surface area (Å²) in [6.07, 6.45) is -3.70. The van der Waals surface area contributed by atoms with Crippen molar-refractivity contribution >= 4 is 22.6 Å². The SMILES string of the molecule is O=C(NCCNc1ccc(C(F)(F)F)cn1)c1cc(=O)[nH]c2ccccc12. The molecule has 3 aromatic rings. The molecule has 0 radical (unpaired) electrons. The molecule has 0 spiro atoms. The molecule has 0 atom stereocenters. The van der Waals surface area contributed by atoms with Gasteiger partial charge in [0.1, 0.15) is 5.82 Å². The maximum absolute atomic E-state index is 12.5. The molecule has 0 aliphatic carbocycles. The number of halogens is 3. The molecule has 6 nitrogen and oxygen atoms in total. The second-order valence-corrected chi connectivity index (χ2v) is 5.71. The van der Waals surface area contributed by atoms with Gasteiger partial charge in [0.05, 0.1) is 11.1 Å². The van der Waals surface area contributed by atoms with Crippen molar-refractivity contribution in [3.63, 3.8) is 0 Å². The number of hydrogen-bond donors (Lipinski definition) is 3. The van der Waals surface area contributed by atoms with Gasteiger partial charge in [0.15, 0.2) is 0 Å². The number of rotatable bonds is 5. The number of aromatic amines is 1. The van der Waals surface area contributed by atoms with Crippen LogP contribution in [0.3, 0.4) is 0 Å². The van der Waals surface area contributed by atoms with Crippen LogP contribution in [0.15, 0.2) is 53.5 Å². The maximum atomic E-state index is 12.5. The van der Waals surface area contributed by atoms with Crippen molar-refractivity contribution in [1.82, 2.24) is 15.3 Å². The lowest BCUT2D eigenvalue weighted by molar-refractivity contribution is -0.137. The van der Waals surface area contributed by atoms with E-state index < -0.39 is 17.6 Å².